The summed E-state index contributed by atoms with van der Waals surface area (Å²) in [6.45, 7) is 2.67. The number of carbonyl (C=O) groups is 3. The van der Waals surface area contributed by atoms with Gasteiger partial charge >= 0.3 is 5.97 Å². The molecule has 0 saturated carbocycles. The minimum Gasteiger partial charge on any atom is -0.482 e. The molecular formula is C22H23NO5. The number of amides is 1. The number of carbonyl (C=O) groups excluding carboxylic acids is 3. The van der Waals surface area contributed by atoms with Crippen LogP contribution in [0, 0.1) is 0 Å². The second kappa shape index (κ2) is 8.69. The first-order chi connectivity index (χ1) is 13.4. The van der Waals surface area contributed by atoms with Crippen molar-refractivity contribution in [1.82, 2.24) is 0 Å². The molecule has 6 nitrogen and oxygen atoms in total. The van der Waals surface area contributed by atoms with E-state index in [0.29, 0.717) is 17.0 Å². The maximum absolute atomic E-state index is 12.2. The highest BCUT2D eigenvalue weighted by atomic mass is 16.6. The average Bonchev–Trinajstić information content (AvgIpc) is 3.14. The Morgan fingerprint density at radius 3 is 2.64 bits per heavy atom. The van der Waals surface area contributed by atoms with E-state index in [9.17, 15) is 14.4 Å². The van der Waals surface area contributed by atoms with E-state index in [1.54, 1.807) is 24.3 Å². The van der Waals surface area contributed by atoms with Crippen molar-refractivity contribution in [1.29, 1.82) is 0 Å². The lowest BCUT2D eigenvalue weighted by Gasteiger charge is -2.14. The summed E-state index contributed by atoms with van der Waals surface area (Å²) in [4.78, 5) is 35.6. The third-order valence-electron chi connectivity index (χ3n) is 4.64. The van der Waals surface area contributed by atoms with Gasteiger partial charge in [0, 0.05) is 11.3 Å². The average molecular weight is 381 g/mol. The number of benzene rings is 2. The number of fused-ring (bicyclic) bond motifs is 1. The maximum Gasteiger partial charge on any atom is 0.344 e. The van der Waals surface area contributed by atoms with Crippen LogP contribution >= 0.6 is 0 Å². The first kappa shape index (κ1) is 19.6. The van der Waals surface area contributed by atoms with Gasteiger partial charge in [0.25, 0.3) is 5.91 Å². The molecule has 2 aromatic rings. The van der Waals surface area contributed by atoms with E-state index < -0.39 is 18.0 Å². The van der Waals surface area contributed by atoms with Crippen molar-refractivity contribution in [2.45, 2.75) is 39.2 Å². The molecule has 0 aliphatic heterocycles. The predicted molar refractivity (Wildman–Crippen MR) is 105 cm³/mol. The minimum atomic E-state index is -0.989. The molecule has 0 aromatic heterocycles. The second-order valence-corrected chi connectivity index (χ2v) is 6.83. The van der Waals surface area contributed by atoms with Crippen LogP contribution in [0.1, 0.15) is 41.8 Å². The zero-order chi connectivity index (χ0) is 20.1. The van der Waals surface area contributed by atoms with Gasteiger partial charge in [0.15, 0.2) is 18.5 Å². The Morgan fingerprint density at radius 2 is 1.86 bits per heavy atom. The van der Waals surface area contributed by atoms with Crippen LogP contribution in [0.3, 0.4) is 0 Å². The zero-order valence-electron chi connectivity index (χ0n) is 16.0. The Hall–Kier alpha value is -3.15. The van der Waals surface area contributed by atoms with Gasteiger partial charge in [-0.2, -0.15) is 0 Å². The van der Waals surface area contributed by atoms with Crippen molar-refractivity contribution in [2.75, 3.05) is 11.9 Å². The molecule has 0 fully saturated rings. The quantitative estimate of drug-likeness (QED) is 0.588. The predicted octanol–water partition coefficient (Wildman–Crippen LogP) is 3.33. The summed E-state index contributed by atoms with van der Waals surface area (Å²) in [5.74, 6) is -0.581. The molecule has 0 heterocycles. The summed E-state index contributed by atoms with van der Waals surface area (Å²) in [6, 6.07) is 12.4. The molecule has 28 heavy (non-hydrogen) atoms. The van der Waals surface area contributed by atoms with E-state index in [-0.39, 0.29) is 12.4 Å². The number of ketones is 1. The van der Waals surface area contributed by atoms with Crippen LogP contribution < -0.4 is 10.1 Å². The molecule has 6 heteroatoms. The van der Waals surface area contributed by atoms with Crippen LogP contribution in [-0.4, -0.2) is 30.4 Å². The van der Waals surface area contributed by atoms with E-state index in [4.69, 9.17) is 9.47 Å². The van der Waals surface area contributed by atoms with Crippen LogP contribution in [0.5, 0.6) is 5.75 Å². The molecule has 0 spiro atoms. The molecule has 146 valence electrons. The van der Waals surface area contributed by atoms with Crippen LogP contribution in [0.15, 0.2) is 42.5 Å². The number of ether oxygens (including phenoxy) is 2. The van der Waals surface area contributed by atoms with Gasteiger partial charge in [0.05, 0.1) is 0 Å². The van der Waals surface area contributed by atoms with Crippen molar-refractivity contribution >= 4 is 23.3 Å². The Kier molecular flexibility index (Phi) is 6.09. The maximum atomic E-state index is 12.2. The SMILES string of the molecule is CC(=O)c1cccc(NC(=O)[C@@H](C)OC(=O)COc2ccc3c(c2)CCC3)c1. The molecule has 1 atom stereocenters. The summed E-state index contributed by atoms with van der Waals surface area (Å²) in [5.41, 5.74) is 3.54. The number of aryl methyl sites for hydroxylation is 2. The van der Waals surface area contributed by atoms with Crippen LogP contribution in [0.25, 0.3) is 0 Å². The molecule has 0 bridgehead atoms. The van der Waals surface area contributed by atoms with E-state index >= 15 is 0 Å². The summed E-state index contributed by atoms with van der Waals surface area (Å²) in [5, 5.41) is 2.64. The van der Waals surface area contributed by atoms with Crippen molar-refractivity contribution in [3.8, 4) is 5.75 Å². The molecule has 0 saturated heterocycles. The summed E-state index contributed by atoms with van der Waals surface area (Å²) >= 11 is 0. The Balaban J connectivity index is 1.48. The largest absolute Gasteiger partial charge is 0.482 e. The third-order valence-corrected chi connectivity index (χ3v) is 4.64. The van der Waals surface area contributed by atoms with Gasteiger partial charge in [-0.05, 0) is 68.5 Å². The standard InChI is InChI=1S/C22H23NO5/c1-14(24)17-6-4-8-19(11-17)23-22(26)15(2)28-21(25)13-27-20-10-9-16-5-3-7-18(16)12-20/h4,6,8-12,15H,3,5,7,13H2,1-2H3,(H,23,26)/t15-/m1/s1. The molecule has 1 aliphatic carbocycles. The van der Waals surface area contributed by atoms with Gasteiger partial charge in [-0.15, -0.1) is 0 Å². The molecular weight excluding hydrogens is 358 g/mol. The highest BCUT2D eigenvalue weighted by Gasteiger charge is 2.19. The monoisotopic (exact) mass is 381 g/mol. The number of Topliss-reactive ketones (excluding diaryl/α,β-unsaturated/α-hetero) is 1. The second-order valence-electron chi connectivity index (χ2n) is 6.83. The summed E-state index contributed by atoms with van der Waals surface area (Å²) in [7, 11) is 0. The minimum absolute atomic E-state index is 0.0979. The molecule has 0 radical (unpaired) electrons. The molecule has 1 amide bonds. The normalized spacial score (nSPS) is 13.4. The van der Waals surface area contributed by atoms with Gasteiger partial charge in [-0.25, -0.2) is 4.79 Å². The summed E-state index contributed by atoms with van der Waals surface area (Å²) in [6.07, 6.45) is 2.26. The van der Waals surface area contributed by atoms with Gasteiger partial charge in [0.2, 0.25) is 0 Å². The number of hydrogen-bond acceptors (Lipinski definition) is 5. The smallest absolute Gasteiger partial charge is 0.344 e. The fourth-order valence-corrected chi connectivity index (χ4v) is 3.12. The Morgan fingerprint density at radius 1 is 1.07 bits per heavy atom. The van der Waals surface area contributed by atoms with E-state index in [1.807, 2.05) is 18.2 Å². The number of rotatable bonds is 7. The third kappa shape index (κ3) is 4.97. The summed E-state index contributed by atoms with van der Waals surface area (Å²) < 4.78 is 10.6. The molecule has 0 unspecified atom stereocenters. The lowest BCUT2D eigenvalue weighted by Crippen LogP contribution is -2.31. The van der Waals surface area contributed by atoms with Crippen molar-refractivity contribution in [3.63, 3.8) is 0 Å². The first-order valence-electron chi connectivity index (χ1n) is 9.28. The van der Waals surface area contributed by atoms with Gasteiger partial charge in [-0.3, -0.25) is 9.59 Å². The lowest BCUT2D eigenvalue weighted by atomic mass is 10.1. The lowest BCUT2D eigenvalue weighted by molar-refractivity contribution is -0.155. The zero-order valence-corrected chi connectivity index (χ0v) is 16.0. The fraction of sp³-hybridized carbons (Fsp3) is 0.318. The first-order valence-corrected chi connectivity index (χ1v) is 9.28. The topological polar surface area (TPSA) is 81.7 Å². The van der Waals surface area contributed by atoms with Gasteiger partial charge in [-0.1, -0.05) is 18.2 Å². The van der Waals surface area contributed by atoms with E-state index in [0.717, 1.165) is 19.3 Å². The van der Waals surface area contributed by atoms with Crippen LogP contribution in [0.2, 0.25) is 0 Å². The van der Waals surface area contributed by atoms with E-state index in [1.165, 1.54) is 25.0 Å². The van der Waals surface area contributed by atoms with Gasteiger partial charge < -0.3 is 14.8 Å². The van der Waals surface area contributed by atoms with Crippen molar-refractivity contribution < 1.29 is 23.9 Å². The number of nitrogens with one attached hydrogen (secondary N) is 1. The van der Waals surface area contributed by atoms with E-state index in [2.05, 4.69) is 5.32 Å². The highest BCUT2D eigenvalue weighted by molar-refractivity contribution is 5.98. The van der Waals surface area contributed by atoms with Crippen LogP contribution in [-0.2, 0) is 27.2 Å². The fourth-order valence-electron chi connectivity index (χ4n) is 3.12. The molecule has 1 N–H and O–H groups in total. The number of hydrogen-bond donors (Lipinski definition) is 1. The van der Waals surface area contributed by atoms with Crippen LogP contribution in [0.4, 0.5) is 5.69 Å². The number of esters is 1. The highest BCUT2D eigenvalue weighted by Crippen LogP contribution is 2.26. The van der Waals surface area contributed by atoms with Crippen molar-refractivity contribution in [2.24, 2.45) is 0 Å². The Bertz CT molecular complexity index is 906. The van der Waals surface area contributed by atoms with Crippen molar-refractivity contribution in [3.05, 3.63) is 59.2 Å². The number of anilines is 1. The Labute approximate surface area is 163 Å². The molecule has 1 aliphatic rings. The molecule has 2 aromatic carbocycles. The molecule has 3 rings (SSSR count). The van der Waals surface area contributed by atoms with Gasteiger partial charge in [0.1, 0.15) is 5.75 Å².